The molecule has 0 aromatic heterocycles. The summed E-state index contributed by atoms with van der Waals surface area (Å²) in [4.78, 5) is 64.2. The molecule has 2 aromatic carbocycles. The Labute approximate surface area is 232 Å². The van der Waals surface area contributed by atoms with E-state index in [0.717, 1.165) is 24.3 Å². The predicted octanol–water partition coefficient (Wildman–Crippen LogP) is 2.69. The molecule has 0 spiro atoms. The maximum Gasteiger partial charge on any atom is 0.416 e. The fourth-order valence-electron chi connectivity index (χ4n) is 4.49. The van der Waals surface area contributed by atoms with Crippen molar-refractivity contribution < 1.29 is 37.1 Å². The first kappa shape index (κ1) is 29.3. The number of anilines is 1. The SMILES string of the molecule is C[C@@H]1C[C@@H](CC(NC(=O)c2cc(C#N)ccc2NC(=O)c2cccc(C(F)(F)F)c2)C(=O)C(=O)NC2CC2)C(=O)N1. The smallest absolute Gasteiger partial charge is 0.353 e. The highest BCUT2D eigenvalue weighted by molar-refractivity contribution is 6.38. The zero-order chi connectivity index (χ0) is 29.9. The van der Waals surface area contributed by atoms with Crippen LogP contribution in [0.2, 0.25) is 0 Å². The number of hydrogen-bond donors (Lipinski definition) is 4. The Bertz CT molecular complexity index is 1450. The van der Waals surface area contributed by atoms with Crippen LogP contribution in [0.15, 0.2) is 42.5 Å². The van der Waals surface area contributed by atoms with Crippen molar-refractivity contribution in [3.63, 3.8) is 0 Å². The Morgan fingerprint density at radius 2 is 1.83 bits per heavy atom. The third kappa shape index (κ3) is 7.27. The third-order valence-electron chi connectivity index (χ3n) is 6.77. The van der Waals surface area contributed by atoms with Crippen molar-refractivity contribution in [1.29, 1.82) is 5.26 Å². The fourth-order valence-corrected chi connectivity index (χ4v) is 4.49. The number of ketones is 1. The molecule has 1 aliphatic carbocycles. The van der Waals surface area contributed by atoms with Crippen molar-refractivity contribution in [2.24, 2.45) is 5.92 Å². The molecular formula is C28H26F3N5O5. The van der Waals surface area contributed by atoms with Gasteiger partial charge in [-0.05, 0) is 69.0 Å². The van der Waals surface area contributed by atoms with Gasteiger partial charge in [-0.2, -0.15) is 18.4 Å². The van der Waals surface area contributed by atoms with Crippen LogP contribution in [0.5, 0.6) is 0 Å². The number of rotatable bonds is 9. The summed E-state index contributed by atoms with van der Waals surface area (Å²) in [6.45, 7) is 1.78. The van der Waals surface area contributed by atoms with Gasteiger partial charge in [-0.25, -0.2) is 0 Å². The van der Waals surface area contributed by atoms with E-state index < -0.39 is 47.2 Å². The molecule has 1 aliphatic heterocycles. The van der Waals surface area contributed by atoms with Crippen molar-refractivity contribution in [2.75, 3.05) is 5.32 Å². The minimum Gasteiger partial charge on any atom is -0.353 e. The zero-order valence-electron chi connectivity index (χ0n) is 21.8. The molecule has 41 heavy (non-hydrogen) atoms. The first-order valence-corrected chi connectivity index (χ1v) is 12.8. The lowest BCUT2D eigenvalue weighted by molar-refractivity contribution is -0.139. The van der Waals surface area contributed by atoms with Gasteiger partial charge < -0.3 is 21.3 Å². The summed E-state index contributed by atoms with van der Waals surface area (Å²) < 4.78 is 39.4. The highest BCUT2D eigenvalue weighted by Gasteiger charge is 2.38. The summed E-state index contributed by atoms with van der Waals surface area (Å²) in [5, 5.41) is 19.5. The fraction of sp³-hybridized carbons (Fsp3) is 0.357. The van der Waals surface area contributed by atoms with Gasteiger partial charge in [0.25, 0.3) is 17.7 Å². The molecule has 2 aliphatic rings. The van der Waals surface area contributed by atoms with Gasteiger partial charge in [-0.3, -0.25) is 24.0 Å². The molecule has 1 saturated carbocycles. The minimum atomic E-state index is -4.68. The molecule has 1 saturated heterocycles. The third-order valence-corrected chi connectivity index (χ3v) is 6.77. The summed E-state index contributed by atoms with van der Waals surface area (Å²) in [6, 6.07) is 7.47. The maximum absolute atomic E-state index is 13.4. The van der Waals surface area contributed by atoms with E-state index in [0.29, 0.717) is 25.3 Å². The Morgan fingerprint density at radius 3 is 2.44 bits per heavy atom. The van der Waals surface area contributed by atoms with E-state index in [9.17, 15) is 42.4 Å². The van der Waals surface area contributed by atoms with Crippen LogP contribution >= 0.6 is 0 Å². The van der Waals surface area contributed by atoms with Crippen molar-refractivity contribution in [2.45, 2.75) is 56.9 Å². The highest BCUT2D eigenvalue weighted by Crippen LogP contribution is 2.30. The van der Waals surface area contributed by atoms with Gasteiger partial charge >= 0.3 is 6.18 Å². The second kappa shape index (κ2) is 11.8. The van der Waals surface area contributed by atoms with Gasteiger partial charge in [0.15, 0.2) is 0 Å². The molecule has 10 nitrogen and oxygen atoms in total. The van der Waals surface area contributed by atoms with Crippen molar-refractivity contribution in [3.05, 3.63) is 64.7 Å². The molecule has 2 aromatic rings. The van der Waals surface area contributed by atoms with E-state index in [-0.39, 0.29) is 46.8 Å². The average molecular weight is 570 g/mol. The number of amides is 4. The van der Waals surface area contributed by atoms with Gasteiger partial charge in [-0.15, -0.1) is 0 Å². The van der Waals surface area contributed by atoms with Crippen molar-refractivity contribution >= 4 is 35.1 Å². The lowest BCUT2D eigenvalue weighted by Gasteiger charge is -2.21. The van der Waals surface area contributed by atoms with E-state index in [4.69, 9.17) is 0 Å². The monoisotopic (exact) mass is 569 g/mol. The number of nitriles is 1. The van der Waals surface area contributed by atoms with Crippen molar-refractivity contribution in [1.82, 2.24) is 16.0 Å². The molecule has 1 unspecified atom stereocenters. The number of alkyl halides is 3. The molecule has 4 N–H and O–H groups in total. The number of benzene rings is 2. The molecule has 4 amide bonds. The van der Waals surface area contributed by atoms with Crippen LogP contribution in [0.1, 0.15) is 64.4 Å². The van der Waals surface area contributed by atoms with Crippen molar-refractivity contribution in [3.8, 4) is 6.07 Å². The molecule has 13 heteroatoms. The Hall–Kier alpha value is -4.73. The van der Waals surface area contributed by atoms with E-state index in [1.807, 2.05) is 6.07 Å². The lowest BCUT2D eigenvalue weighted by atomic mass is 9.93. The Morgan fingerprint density at radius 1 is 1.10 bits per heavy atom. The molecule has 1 heterocycles. The zero-order valence-corrected chi connectivity index (χ0v) is 21.8. The first-order chi connectivity index (χ1) is 19.3. The number of nitrogens with zero attached hydrogens (tertiary/aromatic N) is 1. The van der Waals surface area contributed by atoms with Crippen LogP contribution in [0.3, 0.4) is 0 Å². The maximum atomic E-state index is 13.4. The number of halogens is 3. The summed E-state index contributed by atoms with van der Waals surface area (Å²) >= 11 is 0. The molecule has 0 bridgehead atoms. The quantitative estimate of drug-likeness (QED) is 0.340. The molecule has 0 radical (unpaired) electrons. The van der Waals surface area contributed by atoms with Gasteiger partial charge in [0.05, 0.1) is 34.5 Å². The normalized spacial score (nSPS) is 19.0. The van der Waals surface area contributed by atoms with Crippen LogP contribution in [-0.2, 0) is 20.6 Å². The largest absolute Gasteiger partial charge is 0.416 e. The minimum absolute atomic E-state index is 0.0190. The van der Waals surface area contributed by atoms with E-state index >= 15 is 0 Å². The predicted molar refractivity (Wildman–Crippen MR) is 138 cm³/mol. The van der Waals surface area contributed by atoms with Crippen LogP contribution in [-0.4, -0.2) is 47.5 Å². The van der Waals surface area contributed by atoms with Crippen LogP contribution in [0.25, 0.3) is 0 Å². The second-order valence-corrected chi connectivity index (χ2v) is 10.1. The van der Waals surface area contributed by atoms with Crippen LogP contribution < -0.4 is 21.3 Å². The van der Waals surface area contributed by atoms with Gasteiger partial charge in [0.1, 0.15) is 0 Å². The van der Waals surface area contributed by atoms with Gasteiger partial charge in [0.2, 0.25) is 11.7 Å². The lowest BCUT2D eigenvalue weighted by Crippen LogP contribution is -2.49. The number of nitrogens with one attached hydrogen (secondary N) is 4. The molecule has 214 valence electrons. The number of carbonyl (C=O) groups is 5. The van der Waals surface area contributed by atoms with E-state index in [1.54, 1.807) is 6.92 Å². The number of carbonyl (C=O) groups excluding carboxylic acids is 5. The topological polar surface area (TPSA) is 157 Å². The van der Waals surface area contributed by atoms with Crippen LogP contribution in [0, 0.1) is 17.2 Å². The molecule has 4 rings (SSSR count). The Balaban J connectivity index is 1.59. The molecule has 2 fully saturated rings. The summed E-state index contributed by atoms with van der Waals surface area (Å²) in [5.41, 5.74) is -1.77. The van der Waals surface area contributed by atoms with Gasteiger partial charge in [0, 0.05) is 23.6 Å². The first-order valence-electron chi connectivity index (χ1n) is 12.8. The Kier molecular flexibility index (Phi) is 8.41. The standard InChI is InChI=1S/C28H26F3N5O5/c1-14-9-17(25(39)33-14)12-22(23(37)27(41)34-19-6-7-19)36-26(40)20-10-15(13-32)5-8-21(20)35-24(38)16-3-2-4-18(11-16)28(29,30)31/h2-5,8,10-11,14,17,19,22H,6-7,9,12H2,1H3,(H,33,39)(H,34,41)(H,35,38)(H,36,40)/t14-,17+,22?/m1/s1. The molecule has 3 atom stereocenters. The number of hydrogen-bond acceptors (Lipinski definition) is 6. The van der Waals surface area contributed by atoms with E-state index in [1.165, 1.54) is 12.1 Å². The highest BCUT2D eigenvalue weighted by atomic mass is 19.4. The van der Waals surface area contributed by atoms with Gasteiger partial charge in [-0.1, -0.05) is 6.07 Å². The second-order valence-electron chi connectivity index (χ2n) is 10.1. The summed E-state index contributed by atoms with van der Waals surface area (Å²) in [5.74, 6) is -4.74. The van der Waals surface area contributed by atoms with E-state index in [2.05, 4.69) is 21.3 Å². The summed E-state index contributed by atoms with van der Waals surface area (Å²) in [6.07, 6.45) is -3.03. The summed E-state index contributed by atoms with van der Waals surface area (Å²) in [7, 11) is 0. The molecular weight excluding hydrogens is 543 g/mol. The number of Topliss-reactive ketones (excluding diaryl/α,β-unsaturated/α-hetero) is 1. The van der Waals surface area contributed by atoms with Crippen LogP contribution in [0.4, 0.5) is 18.9 Å². The average Bonchev–Trinajstić information content (AvgIpc) is 3.69.